The van der Waals surface area contributed by atoms with E-state index < -0.39 is 28.8 Å². The standard InChI is InChI=1S/C35H43F3N6O3/c1-33(2,3)47-32(45)44-22-11-12-23(44)19-42(18-22)30-25-16-39-28(24-9-6-7-10-26(24)34(4,5)38)27(37)29(25)40-31(41-30)46-20-35-13-8-14-43(35)17-21(36)15-35/h6-7,9-10,16,21-23H,8,11-15,17-20H2,1-5H3/t21?,22-,23+,35?. The van der Waals surface area contributed by atoms with Gasteiger partial charge in [0.2, 0.25) is 0 Å². The molecule has 2 bridgehead atoms. The maximum atomic E-state index is 16.7. The summed E-state index contributed by atoms with van der Waals surface area (Å²) in [7, 11) is 0. The molecule has 6 heterocycles. The number of alkyl halides is 2. The molecule has 4 atom stereocenters. The normalized spacial score (nSPS) is 26.3. The Morgan fingerprint density at radius 1 is 1.06 bits per heavy atom. The van der Waals surface area contributed by atoms with Crippen LogP contribution in [0.3, 0.4) is 0 Å². The van der Waals surface area contributed by atoms with E-state index in [1.165, 1.54) is 13.8 Å². The van der Waals surface area contributed by atoms with Gasteiger partial charge in [-0.3, -0.25) is 14.8 Å². The Balaban J connectivity index is 1.28. The maximum absolute atomic E-state index is 16.7. The number of ether oxygens (including phenoxy) is 2. The molecule has 1 aromatic carbocycles. The van der Waals surface area contributed by atoms with Gasteiger partial charge in [0.1, 0.15) is 41.1 Å². The van der Waals surface area contributed by atoms with Gasteiger partial charge in [-0.05, 0) is 72.4 Å². The number of rotatable bonds is 6. The Bertz CT molecular complexity index is 1680. The Morgan fingerprint density at radius 3 is 2.49 bits per heavy atom. The SMILES string of the molecule is CC(C)(C)OC(=O)N1[C@@H]2CC[C@H]1CN(c1nc(OCC34CCCN3CC(F)C4)nc3c(F)c(-c4ccccc4C(C)(C)F)ncc13)C2. The van der Waals surface area contributed by atoms with Crippen LogP contribution in [0.2, 0.25) is 0 Å². The van der Waals surface area contributed by atoms with Crippen molar-refractivity contribution in [3.63, 3.8) is 0 Å². The highest BCUT2D eigenvalue weighted by molar-refractivity contribution is 5.92. The summed E-state index contributed by atoms with van der Waals surface area (Å²) in [5.74, 6) is -0.244. The van der Waals surface area contributed by atoms with E-state index in [9.17, 15) is 9.18 Å². The van der Waals surface area contributed by atoms with Crippen LogP contribution in [-0.4, -0.2) is 93.0 Å². The molecule has 0 aliphatic carbocycles. The van der Waals surface area contributed by atoms with Gasteiger partial charge in [0.05, 0.1) is 23.0 Å². The fraction of sp³-hybridized carbons (Fsp3) is 0.600. The van der Waals surface area contributed by atoms with Gasteiger partial charge >= 0.3 is 12.1 Å². The summed E-state index contributed by atoms with van der Waals surface area (Å²) in [5, 5.41) is 0.394. The third-order valence-electron chi connectivity index (χ3n) is 10.1. The molecular formula is C35H43F3N6O3. The summed E-state index contributed by atoms with van der Waals surface area (Å²) < 4.78 is 58.4. The van der Waals surface area contributed by atoms with Crippen LogP contribution in [-0.2, 0) is 10.4 Å². The number of aromatic nitrogens is 3. The fourth-order valence-corrected chi connectivity index (χ4v) is 8.06. The van der Waals surface area contributed by atoms with Crippen LogP contribution >= 0.6 is 0 Å². The van der Waals surface area contributed by atoms with Crippen molar-refractivity contribution in [3.8, 4) is 17.3 Å². The van der Waals surface area contributed by atoms with Crippen molar-refractivity contribution in [1.29, 1.82) is 0 Å². The lowest BCUT2D eigenvalue weighted by molar-refractivity contribution is 0.0122. The van der Waals surface area contributed by atoms with Crippen LogP contribution in [0.25, 0.3) is 22.2 Å². The molecule has 0 saturated carbocycles. The Morgan fingerprint density at radius 2 is 1.79 bits per heavy atom. The van der Waals surface area contributed by atoms with Crippen molar-refractivity contribution in [1.82, 2.24) is 24.8 Å². The first kappa shape index (κ1) is 31.9. The van der Waals surface area contributed by atoms with Crippen LogP contribution in [0.5, 0.6) is 6.01 Å². The number of pyridine rings is 1. The first-order chi connectivity index (χ1) is 22.2. The molecule has 4 aliphatic rings. The average Bonchev–Trinajstić information content (AvgIpc) is 3.61. The van der Waals surface area contributed by atoms with Gasteiger partial charge in [-0.2, -0.15) is 9.97 Å². The molecule has 1 amide bonds. The molecule has 9 nitrogen and oxygen atoms in total. The molecule has 2 aromatic heterocycles. The van der Waals surface area contributed by atoms with Crippen LogP contribution in [0, 0.1) is 5.82 Å². The third-order valence-corrected chi connectivity index (χ3v) is 10.1. The number of benzene rings is 1. The molecule has 252 valence electrons. The summed E-state index contributed by atoms with van der Waals surface area (Å²) in [6.45, 7) is 10.7. The highest BCUT2D eigenvalue weighted by Gasteiger charge is 2.50. The molecule has 0 radical (unpaired) electrons. The largest absolute Gasteiger partial charge is 0.461 e. The molecule has 7 rings (SSSR count). The second-order valence-electron chi connectivity index (χ2n) is 15.1. The lowest BCUT2D eigenvalue weighted by Crippen LogP contribution is -2.57. The van der Waals surface area contributed by atoms with Gasteiger partial charge in [-0.15, -0.1) is 0 Å². The number of carbonyl (C=O) groups is 1. The smallest absolute Gasteiger partial charge is 0.410 e. The molecule has 3 aromatic rings. The molecule has 2 unspecified atom stereocenters. The van der Waals surface area contributed by atoms with Crippen molar-refractivity contribution < 1.29 is 27.4 Å². The topological polar surface area (TPSA) is 83.9 Å². The van der Waals surface area contributed by atoms with Gasteiger partial charge in [-0.1, -0.05) is 24.3 Å². The van der Waals surface area contributed by atoms with Crippen LogP contribution in [0.1, 0.15) is 72.3 Å². The van der Waals surface area contributed by atoms with Crippen LogP contribution in [0.4, 0.5) is 23.8 Å². The predicted molar refractivity (Wildman–Crippen MR) is 173 cm³/mol. The molecule has 0 N–H and O–H groups in total. The van der Waals surface area contributed by atoms with E-state index in [-0.39, 0.29) is 42.0 Å². The zero-order chi connectivity index (χ0) is 33.3. The van der Waals surface area contributed by atoms with Gasteiger partial charge < -0.3 is 14.4 Å². The van der Waals surface area contributed by atoms with E-state index in [1.807, 2.05) is 30.6 Å². The van der Waals surface area contributed by atoms with E-state index in [0.29, 0.717) is 48.4 Å². The number of nitrogens with zero attached hydrogens (tertiary/aromatic N) is 6. The molecule has 0 spiro atoms. The van der Waals surface area contributed by atoms with Gasteiger partial charge in [0.15, 0.2) is 5.82 Å². The van der Waals surface area contributed by atoms with E-state index in [1.54, 1.807) is 30.5 Å². The van der Waals surface area contributed by atoms with E-state index in [4.69, 9.17) is 14.5 Å². The van der Waals surface area contributed by atoms with E-state index in [0.717, 1.165) is 32.2 Å². The van der Waals surface area contributed by atoms with E-state index >= 15 is 8.78 Å². The monoisotopic (exact) mass is 652 g/mol. The highest BCUT2D eigenvalue weighted by atomic mass is 19.1. The number of amides is 1. The van der Waals surface area contributed by atoms with Crippen LogP contribution in [0.15, 0.2) is 30.5 Å². The Labute approximate surface area is 273 Å². The number of hydrogen-bond donors (Lipinski definition) is 0. The number of fused-ring (bicyclic) bond motifs is 4. The lowest BCUT2D eigenvalue weighted by Gasteiger charge is -2.42. The third kappa shape index (κ3) is 5.87. The minimum absolute atomic E-state index is 0.00638. The van der Waals surface area contributed by atoms with Crippen molar-refractivity contribution in [2.75, 3.05) is 37.7 Å². The minimum atomic E-state index is -1.74. The average molecular weight is 653 g/mol. The van der Waals surface area contributed by atoms with Crippen molar-refractivity contribution in [3.05, 3.63) is 41.8 Å². The molecule has 12 heteroatoms. The Kier molecular flexibility index (Phi) is 7.80. The van der Waals surface area contributed by atoms with E-state index in [2.05, 4.69) is 14.9 Å². The molecule has 4 saturated heterocycles. The Hall–Kier alpha value is -3.67. The van der Waals surface area contributed by atoms with Crippen molar-refractivity contribution in [2.24, 2.45) is 0 Å². The van der Waals surface area contributed by atoms with Crippen molar-refractivity contribution >= 4 is 22.8 Å². The summed E-state index contributed by atoms with van der Waals surface area (Å²) in [5.41, 5.74) is -2.14. The first-order valence-corrected chi connectivity index (χ1v) is 16.7. The maximum Gasteiger partial charge on any atom is 0.410 e. The molecule has 47 heavy (non-hydrogen) atoms. The van der Waals surface area contributed by atoms with Crippen LogP contribution < -0.4 is 9.64 Å². The quantitative estimate of drug-likeness (QED) is 0.296. The molecule has 4 fully saturated rings. The van der Waals surface area contributed by atoms with Gasteiger partial charge in [-0.25, -0.2) is 18.0 Å². The fourth-order valence-electron chi connectivity index (χ4n) is 8.06. The van der Waals surface area contributed by atoms with Crippen molar-refractivity contribution in [2.45, 2.75) is 102 Å². The number of halogens is 3. The van der Waals surface area contributed by atoms with Gasteiger partial charge in [0, 0.05) is 37.8 Å². The predicted octanol–water partition coefficient (Wildman–Crippen LogP) is 6.58. The number of carbonyl (C=O) groups excluding carboxylic acids is 1. The zero-order valence-corrected chi connectivity index (χ0v) is 27.7. The first-order valence-electron chi connectivity index (χ1n) is 16.7. The molecular weight excluding hydrogens is 609 g/mol. The highest BCUT2D eigenvalue weighted by Crippen LogP contribution is 2.42. The summed E-state index contributed by atoms with van der Waals surface area (Å²) in [6, 6.07) is 6.50. The summed E-state index contributed by atoms with van der Waals surface area (Å²) in [4.78, 5) is 33.1. The molecule has 4 aliphatic heterocycles. The lowest BCUT2D eigenvalue weighted by atomic mass is 9.92. The summed E-state index contributed by atoms with van der Waals surface area (Å²) >= 11 is 0. The second-order valence-corrected chi connectivity index (χ2v) is 15.1. The number of piperazine rings is 1. The minimum Gasteiger partial charge on any atom is -0.461 e. The number of anilines is 1. The second kappa shape index (κ2) is 11.5. The zero-order valence-electron chi connectivity index (χ0n) is 27.7. The van der Waals surface area contributed by atoms with Gasteiger partial charge in [0.25, 0.3) is 0 Å². The summed E-state index contributed by atoms with van der Waals surface area (Å²) in [6.07, 6.45) is 4.04. The number of hydrogen-bond acceptors (Lipinski definition) is 8.